The summed E-state index contributed by atoms with van der Waals surface area (Å²) in [5.41, 5.74) is 12.3. The highest BCUT2D eigenvalue weighted by Crippen LogP contribution is 2.31. The fraction of sp³-hybridized carbons (Fsp3) is 0.250. The van der Waals surface area contributed by atoms with Crippen molar-refractivity contribution in [3.05, 3.63) is 71.4 Å². The molecule has 1 aliphatic rings. The van der Waals surface area contributed by atoms with Crippen LogP contribution in [0.1, 0.15) is 54.2 Å². The SMILES string of the molecule is C=Nc1[nH]c(-c2ccccc2)cc1/C=C(\C)c1ccc2[nH]nc(C(=O)NC3CCC(N)CC3)c2c1. The van der Waals surface area contributed by atoms with E-state index in [9.17, 15) is 4.79 Å². The summed E-state index contributed by atoms with van der Waals surface area (Å²) >= 11 is 0. The number of benzene rings is 2. The molecule has 5 N–H and O–H groups in total. The van der Waals surface area contributed by atoms with E-state index in [0.717, 1.165) is 70.4 Å². The van der Waals surface area contributed by atoms with E-state index in [1.165, 1.54) is 0 Å². The summed E-state index contributed by atoms with van der Waals surface area (Å²) in [5, 5.41) is 11.3. The van der Waals surface area contributed by atoms with Gasteiger partial charge in [0.1, 0.15) is 5.82 Å². The molecule has 0 radical (unpaired) electrons. The van der Waals surface area contributed by atoms with Crippen LogP contribution in [0.3, 0.4) is 0 Å². The molecule has 0 unspecified atom stereocenters. The molecule has 2 heterocycles. The van der Waals surface area contributed by atoms with Gasteiger partial charge < -0.3 is 16.0 Å². The normalized spacial score (nSPS) is 18.5. The lowest BCUT2D eigenvalue weighted by Gasteiger charge is -2.26. The molecule has 0 saturated heterocycles. The maximum atomic E-state index is 13.0. The van der Waals surface area contributed by atoms with E-state index in [1.807, 2.05) is 43.3 Å². The van der Waals surface area contributed by atoms with Gasteiger partial charge in [-0.15, -0.1) is 0 Å². The molecule has 0 aliphatic heterocycles. The van der Waals surface area contributed by atoms with Crippen LogP contribution in [0.15, 0.2) is 59.6 Å². The van der Waals surface area contributed by atoms with Crippen LogP contribution in [0.4, 0.5) is 5.82 Å². The summed E-state index contributed by atoms with van der Waals surface area (Å²) in [6.07, 6.45) is 5.77. The topological polar surface area (TPSA) is 112 Å². The molecule has 1 aliphatic carbocycles. The van der Waals surface area contributed by atoms with Crippen LogP contribution in [-0.2, 0) is 0 Å². The number of amides is 1. The monoisotopic (exact) mass is 466 g/mol. The van der Waals surface area contributed by atoms with E-state index in [2.05, 4.69) is 56.5 Å². The third kappa shape index (κ3) is 4.81. The Bertz CT molecular complexity index is 1390. The Hall–Kier alpha value is -3.97. The molecular formula is C28H30N6O. The van der Waals surface area contributed by atoms with Crippen molar-refractivity contribution in [2.75, 3.05) is 0 Å². The lowest BCUT2D eigenvalue weighted by Crippen LogP contribution is -2.40. The molecule has 2 aromatic heterocycles. The van der Waals surface area contributed by atoms with E-state index >= 15 is 0 Å². The molecule has 5 rings (SSSR count). The highest BCUT2D eigenvalue weighted by atomic mass is 16.2. The third-order valence-corrected chi connectivity index (χ3v) is 6.78. The van der Waals surface area contributed by atoms with E-state index in [4.69, 9.17) is 5.73 Å². The molecule has 1 fully saturated rings. The first kappa shape index (κ1) is 22.8. The number of rotatable bonds is 6. The molecule has 0 atom stereocenters. The number of nitrogens with two attached hydrogens (primary N) is 1. The lowest BCUT2D eigenvalue weighted by molar-refractivity contribution is 0.0922. The summed E-state index contributed by atoms with van der Waals surface area (Å²) in [6, 6.07) is 18.6. The van der Waals surface area contributed by atoms with Gasteiger partial charge in [0.25, 0.3) is 5.91 Å². The molecule has 178 valence electrons. The van der Waals surface area contributed by atoms with Crippen LogP contribution in [-0.4, -0.2) is 39.9 Å². The van der Waals surface area contributed by atoms with Crippen molar-refractivity contribution in [2.24, 2.45) is 10.7 Å². The Balaban J connectivity index is 1.42. The van der Waals surface area contributed by atoms with Gasteiger partial charge in [0, 0.05) is 28.7 Å². The van der Waals surface area contributed by atoms with Crippen molar-refractivity contribution >= 4 is 41.0 Å². The summed E-state index contributed by atoms with van der Waals surface area (Å²) in [5.74, 6) is 0.576. The van der Waals surface area contributed by atoms with E-state index in [1.54, 1.807) is 0 Å². The first-order valence-electron chi connectivity index (χ1n) is 12.0. The summed E-state index contributed by atoms with van der Waals surface area (Å²) in [4.78, 5) is 20.5. The average Bonchev–Trinajstić information content (AvgIpc) is 3.49. The average molecular weight is 467 g/mol. The first-order valence-corrected chi connectivity index (χ1v) is 12.0. The van der Waals surface area contributed by atoms with Crippen LogP contribution in [0, 0.1) is 0 Å². The summed E-state index contributed by atoms with van der Waals surface area (Å²) in [6.45, 7) is 5.77. The minimum atomic E-state index is -0.146. The Morgan fingerprint density at radius 3 is 2.66 bits per heavy atom. The molecule has 4 aromatic rings. The number of carbonyl (C=O) groups is 1. The summed E-state index contributed by atoms with van der Waals surface area (Å²) < 4.78 is 0. The van der Waals surface area contributed by atoms with Gasteiger partial charge in [-0.25, -0.2) is 4.99 Å². The minimum absolute atomic E-state index is 0.146. The molecule has 1 saturated carbocycles. The molecule has 7 heteroatoms. The Morgan fingerprint density at radius 1 is 1.14 bits per heavy atom. The van der Waals surface area contributed by atoms with Gasteiger partial charge >= 0.3 is 0 Å². The van der Waals surface area contributed by atoms with Gasteiger partial charge in [-0.1, -0.05) is 36.4 Å². The number of hydrogen-bond donors (Lipinski definition) is 4. The maximum Gasteiger partial charge on any atom is 0.272 e. The smallest absolute Gasteiger partial charge is 0.272 e. The molecule has 0 spiro atoms. The molecule has 7 nitrogen and oxygen atoms in total. The zero-order valence-corrected chi connectivity index (χ0v) is 19.8. The Labute approximate surface area is 204 Å². The number of aliphatic imine (C=N–C) groups is 1. The number of nitrogens with one attached hydrogen (secondary N) is 3. The number of aromatic amines is 2. The number of nitrogens with zero attached hydrogens (tertiary/aromatic N) is 2. The van der Waals surface area contributed by atoms with Crippen molar-refractivity contribution in [2.45, 2.75) is 44.7 Å². The van der Waals surface area contributed by atoms with Crippen molar-refractivity contribution in [1.82, 2.24) is 20.5 Å². The van der Waals surface area contributed by atoms with Crippen LogP contribution in [0.25, 0.3) is 33.8 Å². The second kappa shape index (κ2) is 9.72. The third-order valence-electron chi connectivity index (χ3n) is 6.78. The largest absolute Gasteiger partial charge is 0.348 e. The lowest BCUT2D eigenvalue weighted by atomic mass is 9.92. The van der Waals surface area contributed by atoms with Crippen LogP contribution in [0.2, 0.25) is 0 Å². The van der Waals surface area contributed by atoms with Crippen LogP contribution in [0.5, 0.6) is 0 Å². The van der Waals surface area contributed by atoms with Crippen molar-refractivity contribution in [3.63, 3.8) is 0 Å². The molecular weight excluding hydrogens is 436 g/mol. The van der Waals surface area contributed by atoms with Crippen LogP contribution < -0.4 is 11.1 Å². The zero-order valence-electron chi connectivity index (χ0n) is 19.8. The van der Waals surface area contributed by atoms with E-state index < -0.39 is 0 Å². The molecule has 35 heavy (non-hydrogen) atoms. The standard InChI is InChI=1S/C28H30N6O/c1-17(14-20-16-25(32-27(20)30-2)18-6-4-3-5-7-18)19-8-13-24-23(15-19)26(34-33-24)28(35)31-22-11-9-21(29)10-12-22/h3-8,13-16,21-22,32H,2,9-12,29H2,1H3,(H,31,35)(H,33,34)/b17-14+. The second-order valence-electron chi connectivity index (χ2n) is 9.26. The van der Waals surface area contributed by atoms with Gasteiger partial charge in [-0.2, -0.15) is 5.10 Å². The van der Waals surface area contributed by atoms with Crippen LogP contribution >= 0.6 is 0 Å². The zero-order chi connectivity index (χ0) is 24.4. The van der Waals surface area contributed by atoms with Gasteiger partial charge in [0.15, 0.2) is 5.69 Å². The second-order valence-corrected chi connectivity index (χ2v) is 9.26. The van der Waals surface area contributed by atoms with Crippen molar-refractivity contribution < 1.29 is 4.79 Å². The van der Waals surface area contributed by atoms with Crippen molar-refractivity contribution in [3.8, 4) is 11.3 Å². The maximum absolute atomic E-state index is 13.0. The summed E-state index contributed by atoms with van der Waals surface area (Å²) in [7, 11) is 0. The van der Waals surface area contributed by atoms with E-state index in [-0.39, 0.29) is 18.0 Å². The molecule has 2 aromatic carbocycles. The number of fused-ring (bicyclic) bond motifs is 1. The predicted molar refractivity (Wildman–Crippen MR) is 143 cm³/mol. The van der Waals surface area contributed by atoms with Gasteiger partial charge in [-0.3, -0.25) is 9.89 Å². The number of aromatic nitrogens is 3. The number of hydrogen-bond acceptors (Lipinski definition) is 4. The Morgan fingerprint density at radius 2 is 1.91 bits per heavy atom. The quantitative estimate of drug-likeness (QED) is 0.283. The predicted octanol–water partition coefficient (Wildman–Crippen LogP) is 5.45. The minimum Gasteiger partial charge on any atom is -0.348 e. The van der Waals surface area contributed by atoms with E-state index in [0.29, 0.717) is 5.69 Å². The molecule has 0 bridgehead atoms. The molecule has 1 amide bonds. The van der Waals surface area contributed by atoms with Gasteiger partial charge in [0.05, 0.1) is 5.52 Å². The van der Waals surface area contributed by atoms with Crippen molar-refractivity contribution in [1.29, 1.82) is 0 Å². The number of H-pyrrole nitrogens is 2. The fourth-order valence-corrected chi connectivity index (χ4v) is 4.74. The highest BCUT2D eigenvalue weighted by molar-refractivity contribution is 6.05. The fourth-order valence-electron chi connectivity index (χ4n) is 4.74. The Kier molecular flexibility index (Phi) is 6.33. The number of carbonyl (C=O) groups excluding carboxylic acids is 1. The van der Waals surface area contributed by atoms with Gasteiger partial charge in [-0.05, 0) is 80.3 Å². The first-order chi connectivity index (χ1) is 17.0. The van der Waals surface area contributed by atoms with Gasteiger partial charge in [0.2, 0.25) is 0 Å². The number of allylic oxidation sites excluding steroid dienone is 1. The highest BCUT2D eigenvalue weighted by Gasteiger charge is 2.23.